The van der Waals surface area contributed by atoms with E-state index in [-0.39, 0.29) is 12.4 Å². The SMILES string of the molecule is C=C(C)C(=O)COc1ccc(N(c2ccc(C)cc2)c2ccc(C)cc2)cc1. The average Bonchev–Trinajstić information content (AvgIpc) is 2.70. The van der Waals surface area contributed by atoms with Gasteiger partial charge in [0.05, 0.1) is 0 Å². The van der Waals surface area contributed by atoms with Crippen molar-refractivity contribution in [2.24, 2.45) is 0 Å². The largest absolute Gasteiger partial charge is 0.485 e. The molecule has 0 atom stereocenters. The fraction of sp³-hybridized carbons (Fsp3) is 0.160. The van der Waals surface area contributed by atoms with Crippen molar-refractivity contribution in [2.75, 3.05) is 11.5 Å². The van der Waals surface area contributed by atoms with Gasteiger partial charge < -0.3 is 9.64 Å². The summed E-state index contributed by atoms with van der Waals surface area (Å²) in [6.07, 6.45) is 0. The molecule has 0 amide bonds. The quantitative estimate of drug-likeness (QED) is 0.457. The molecule has 0 aliphatic carbocycles. The highest BCUT2D eigenvalue weighted by atomic mass is 16.5. The number of benzene rings is 3. The van der Waals surface area contributed by atoms with Gasteiger partial charge in [-0.2, -0.15) is 0 Å². The van der Waals surface area contributed by atoms with E-state index >= 15 is 0 Å². The smallest absolute Gasteiger partial charge is 0.195 e. The Morgan fingerprint density at radius 2 is 1.18 bits per heavy atom. The minimum absolute atomic E-state index is 0.00825. The Bertz CT molecular complexity index is 909. The van der Waals surface area contributed by atoms with E-state index in [0.717, 1.165) is 17.1 Å². The molecule has 28 heavy (non-hydrogen) atoms. The van der Waals surface area contributed by atoms with E-state index in [4.69, 9.17) is 4.74 Å². The first-order valence-corrected chi connectivity index (χ1v) is 9.29. The van der Waals surface area contributed by atoms with Crippen LogP contribution < -0.4 is 9.64 Å². The van der Waals surface area contributed by atoms with Crippen molar-refractivity contribution in [1.82, 2.24) is 0 Å². The summed E-state index contributed by atoms with van der Waals surface area (Å²) in [7, 11) is 0. The maximum absolute atomic E-state index is 11.7. The Balaban J connectivity index is 1.90. The zero-order valence-electron chi connectivity index (χ0n) is 16.6. The summed E-state index contributed by atoms with van der Waals surface area (Å²) < 4.78 is 5.58. The van der Waals surface area contributed by atoms with Crippen molar-refractivity contribution in [1.29, 1.82) is 0 Å². The molecule has 3 aromatic rings. The van der Waals surface area contributed by atoms with Crippen LogP contribution in [0, 0.1) is 13.8 Å². The first-order valence-electron chi connectivity index (χ1n) is 9.29. The topological polar surface area (TPSA) is 29.5 Å². The molecular formula is C25H25NO2. The third-order valence-electron chi connectivity index (χ3n) is 4.53. The number of anilines is 3. The molecule has 0 bridgehead atoms. The molecule has 0 N–H and O–H groups in total. The molecule has 0 heterocycles. The van der Waals surface area contributed by atoms with Crippen molar-refractivity contribution in [3.63, 3.8) is 0 Å². The van der Waals surface area contributed by atoms with Crippen molar-refractivity contribution in [2.45, 2.75) is 20.8 Å². The van der Waals surface area contributed by atoms with Gasteiger partial charge in [0.15, 0.2) is 12.4 Å². The molecule has 0 aromatic heterocycles. The second-order valence-corrected chi connectivity index (χ2v) is 6.99. The van der Waals surface area contributed by atoms with Crippen LogP contribution >= 0.6 is 0 Å². The van der Waals surface area contributed by atoms with Crippen LogP contribution in [0.15, 0.2) is 84.9 Å². The highest BCUT2D eigenvalue weighted by Gasteiger charge is 2.12. The van der Waals surface area contributed by atoms with E-state index in [9.17, 15) is 4.79 Å². The molecule has 142 valence electrons. The Hall–Kier alpha value is -3.33. The maximum atomic E-state index is 11.7. The van der Waals surface area contributed by atoms with E-state index < -0.39 is 0 Å². The second-order valence-electron chi connectivity index (χ2n) is 6.99. The number of ether oxygens (including phenoxy) is 1. The van der Waals surface area contributed by atoms with E-state index in [1.54, 1.807) is 6.92 Å². The van der Waals surface area contributed by atoms with E-state index in [1.807, 2.05) is 24.3 Å². The molecule has 0 aliphatic heterocycles. The van der Waals surface area contributed by atoms with Crippen LogP contribution in [0.4, 0.5) is 17.1 Å². The number of rotatable bonds is 7. The highest BCUT2D eigenvalue weighted by molar-refractivity contribution is 5.95. The number of Topliss-reactive ketones (excluding diaryl/α,β-unsaturated/α-hetero) is 1. The molecule has 0 spiro atoms. The summed E-state index contributed by atoms with van der Waals surface area (Å²) >= 11 is 0. The monoisotopic (exact) mass is 371 g/mol. The molecule has 0 radical (unpaired) electrons. The predicted octanol–water partition coefficient (Wildman–Crippen LogP) is 6.30. The number of nitrogens with zero attached hydrogens (tertiary/aromatic N) is 1. The molecule has 0 saturated carbocycles. The molecule has 0 aliphatic rings. The number of hydrogen-bond acceptors (Lipinski definition) is 3. The Morgan fingerprint density at radius 1 is 0.786 bits per heavy atom. The summed E-state index contributed by atoms with van der Waals surface area (Å²) in [6.45, 7) is 9.51. The second kappa shape index (κ2) is 8.57. The lowest BCUT2D eigenvalue weighted by atomic mass is 10.1. The van der Waals surface area contributed by atoms with Crippen LogP contribution in [-0.4, -0.2) is 12.4 Å². The Kier molecular flexibility index (Phi) is 5.95. The van der Waals surface area contributed by atoms with Crippen molar-refractivity contribution in [3.8, 4) is 5.75 Å². The average molecular weight is 371 g/mol. The van der Waals surface area contributed by atoms with Gasteiger partial charge in [-0.05, 0) is 74.9 Å². The minimum atomic E-state index is -0.0926. The number of hydrogen-bond donors (Lipinski definition) is 0. The van der Waals surface area contributed by atoms with Crippen LogP contribution in [0.1, 0.15) is 18.1 Å². The maximum Gasteiger partial charge on any atom is 0.195 e. The van der Waals surface area contributed by atoms with Crippen LogP contribution in [0.5, 0.6) is 5.75 Å². The molecule has 3 aromatic carbocycles. The number of carbonyl (C=O) groups excluding carboxylic acids is 1. The first kappa shape index (κ1) is 19.4. The van der Waals surface area contributed by atoms with Gasteiger partial charge in [-0.3, -0.25) is 4.79 Å². The zero-order valence-corrected chi connectivity index (χ0v) is 16.6. The summed E-state index contributed by atoms with van der Waals surface area (Å²) in [6, 6.07) is 24.7. The Labute approximate surface area is 166 Å². The number of carbonyl (C=O) groups is 1. The number of ketones is 1. The summed E-state index contributed by atoms with van der Waals surface area (Å²) in [5.74, 6) is 0.566. The summed E-state index contributed by atoms with van der Waals surface area (Å²) in [5, 5.41) is 0. The van der Waals surface area contributed by atoms with Gasteiger partial charge in [-0.1, -0.05) is 42.0 Å². The summed E-state index contributed by atoms with van der Waals surface area (Å²) in [5.41, 5.74) is 6.13. The molecule has 0 fully saturated rings. The molecule has 0 saturated heterocycles. The molecular weight excluding hydrogens is 346 g/mol. The van der Waals surface area contributed by atoms with E-state index in [0.29, 0.717) is 11.3 Å². The van der Waals surface area contributed by atoms with Gasteiger partial charge >= 0.3 is 0 Å². The zero-order chi connectivity index (χ0) is 20.1. The van der Waals surface area contributed by atoms with Crippen molar-refractivity contribution in [3.05, 3.63) is 96.1 Å². The first-order chi connectivity index (χ1) is 13.4. The van der Waals surface area contributed by atoms with Gasteiger partial charge in [0, 0.05) is 17.1 Å². The predicted molar refractivity (Wildman–Crippen MR) is 116 cm³/mol. The van der Waals surface area contributed by atoms with Gasteiger partial charge in [0.1, 0.15) is 5.75 Å². The van der Waals surface area contributed by atoms with Gasteiger partial charge in [-0.15, -0.1) is 0 Å². The standard InChI is InChI=1S/C25H25NO2/c1-18(2)25(27)17-28-24-15-13-23(14-16-24)26(21-9-5-19(3)6-10-21)22-11-7-20(4)8-12-22/h5-16H,1,17H2,2-4H3. The van der Waals surface area contributed by atoms with Crippen molar-refractivity contribution < 1.29 is 9.53 Å². The van der Waals surface area contributed by atoms with Crippen molar-refractivity contribution >= 4 is 22.8 Å². The van der Waals surface area contributed by atoms with E-state index in [2.05, 4.69) is 73.9 Å². The lowest BCUT2D eigenvalue weighted by molar-refractivity contribution is -0.117. The molecule has 0 unspecified atom stereocenters. The van der Waals surface area contributed by atoms with Crippen LogP contribution in [0.25, 0.3) is 0 Å². The third kappa shape index (κ3) is 4.68. The third-order valence-corrected chi connectivity index (χ3v) is 4.53. The van der Waals surface area contributed by atoms with E-state index in [1.165, 1.54) is 11.1 Å². The van der Waals surface area contributed by atoms with Crippen LogP contribution in [0.3, 0.4) is 0 Å². The van der Waals surface area contributed by atoms with Crippen LogP contribution in [0.2, 0.25) is 0 Å². The normalized spacial score (nSPS) is 10.4. The lowest BCUT2D eigenvalue weighted by Gasteiger charge is -2.26. The fourth-order valence-corrected chi connectivity index (χ4v) is 2.80. The van der Waals surface area contributed by atoms with Gasteiger partial charge in [0.2, 0.25) is 0 Å². The molecule has 3 heteroatoms. The minimum Gasteiger partial charge on any atom is -0.485 e. The van der Waals surface area contributed by atoms with Crippen LogP contribution in [-0.2, 0) is 4.79 Å². The fourth-order valence-electron chi connectivity index (χ4n) is 2.80. The highest BCUT2D eigenvalue weighted by Crippen LogP contribution is 2.35. The summed E-state index contributed by atoms with van der Waals surface area (Å²) in [4.78, 5) is 13.9. The van der Waals surface area contributed by atoms with Gasteiger partial charge in [-0.25, -0.2) is 0 Å². The molecule has 3 rings (SSSR count). The Morgan fingerprint density at radius 3 is 1.57 bits per heavy atom. The number of aryl methyl sites for hydroxylation is 2. The molecule has 3 nitrogen and oxygen atoms in total. The lowest BCUT2D eigenvalue weighted by Crippen LogP contribution is -2.12. The van der Waals surface area contributed by atoms with Gasteiger partial charge in [0.25, 0.3) is 0 Å².